The molecule has 1 aromatic rings. The monoisotopic (exact) mass is 303 g/mol. The van der Waals surface area contributed by atoms with Crippen LogP contribution in [0.1, 0.15) is 29.6 Å². The zero-order valence-corrected chi connectivity index (χ0v) is 10.8. The molecule has 1 heterocycles. The third-order valence-electron chi connectivity index (χ3n) is 3.41. The molecule has 1 aliphatic rings. The van der Waals surface area contributed by atoms with E-state index >= 15 is 0 Å². The number of piperidine rings is 1. The summed E-state index contributed by atoms with van der Waals surface area (Å²) in [4.78, 5) is 24.2. The number of carbonyl (C=O) groups is 2. The van der Waals surface area contributed by atoms with Crippen LogP contribution in [-0.2, 0) is 4.79 Å². The number of aromatic hydroxyl groups is 1. The van der Waals surface area contributed by atoms with Crippen LogP contribution in [0.3, 0.4) is 0 Å². The summed E-state index contributed by atoms with van der Waals surface area (Å²) >= 11 is 0. The summed E-state index contributed by atoms with van der Waals surface area (Å²) in [5.74, 6) is -8.92. The number of rotatable bonds is 2. The van der Waals surface area contributed by atoms with Crippen LogP contribution in [0.2, 0.25) is 0 Å². The lowest BCUT2D eigenvalue weighted by molar-refractivity contribution is -0.143. The van der Waals surface area contributed by atoms with E-state index in [-0.39, 0.29) is 13.0 Å². The number of carbonyl (C=O) groups excluding carboxylic acids is 1. The summed E-state index contributed by atoms with van der Waals surface area (Å²) in [6.45, 7) is 0.0645. The van der Waals surface area contributed by atoms with Crippen LogP contribution in [0.4, 0.5) is 13.2 Å². The predicted octanol–water partition coefficient (Wildman–Crippen LogP) is 1.89. The minimum atomic E-state index is -1.79. The molecule has 0 unspecified atom stereocenters. The number of carboxylic acids is 1. The fraction of sp³-hybridized carbons (Fsp3) is 0.385. The number of amides is 1. The molecule has 1 aromatic carbocycles. The number of phenols is 1. The van der Waals surface area contributed by atoms with Gasteiger partial charge in [-0.3, -0.25) is 4.79 Å². The summed E-state index contributed by atoms with van der Waals surface area (Å²) in [6, 6.07) is -0.832. The molecule has 0 aliphatic carbocycles. The molecule has 5 nitrogen and oxygen atoms in total. The van der Waals surface area contributed by atoms with Crippen LogP contribution in [-0.4, -0.2) is 39.6 Å². The largest absolute Gasteiger partial charge is 0.503 e. The number of phenolic OH excluding ortho intramolecular Hbond substituents is 1. The summed E-state index contributed by atoms with van der Waals surface area (Å²) in [5.41, 5.74) is -0.889. The Hall–Kier alpha value is -2.25. The van der Waals surface area contributed by atoms with Crippen LogP contribution >= 0.6 is 0 Å². The lowest BCUT2D eigenvalue weighted by atomic mass is 10.0. The second kappa shape index (κ2) is 5.63. The third-order valence-corrected chi connectivity index (χ3v) is 3.41. The number of benzene rings is 1. The summed E-state index contributed by atoms with van der Waals surface area (Å²) in [5, 5.41) is 18.2. The maximum atomic E-state index is 13.7. The van der Waals surface area contributed by atoms with Crippen molar-refractivity contribution in [3.63, 3.8) is 0 Å². The van der Waals surface area contributed by atoms with Gasteiger partial charge in [0.1, 0.15) is 6.04 Å². The Morgan fingerprint density at radius 2 is 1.86 bits per heavy atom. The number of halogens is 3. The number of likely N-dealkylation sites (tertiary alicyclic amines) is 1. The van der Waals surface area contributed by atoms with Gasteiger partial charge in [0.15, 0.2) is 17.4 Å². The molecule has 2 rings (SSSR count). The normalized spacial score (nSPS) is 18.6. The molecule has 0 aromatic heterocycles. The van der Waals surface area contributed by atoms with Crippen LogP contribution in [0.25, 0.3) is 0 Å². The first-order chi connectivity index (χ1) is 9.84. The number of hydrogen-bond donors (Lipinski definition) is 2. The van der Waals surface area contributed by atoms with Crippen molar-refractivity contribution in [1.29, 1.82) is 0 Å². The topological polar surface area (TPSA) is 77.8 Å². The van der Waals surface area contributed by atoms with Crippen LogP contribution in [0, 0.1) is 17.5 Å². The van der Waals surface area contributed by atoms with Gasteiger partial charge in [0, 0.05) is 6.54 Å². The maximum absolute atomic E-state index is 13.7. The number of hydrogen-bond acceptors (Lipinski definition) is 3. The van der Waals surface area contributed by atoms with Crippen molar-refractivity contribution in [2.75, 3.05) is 6.54 Å². The highest BCUT2D eigenvalue weighted by Crippen LogP contribution is 2.28. The first kappa shape index (κ1) is 15.1. The van der Waals surface area contributed by atoms with Crippen LogP contribution in [0.5, 0.6) is 5.75 Å². The van der Waals surface area contributed by atoms with E-state index in [4.69, 9.17) is 10.2 Å². The number of carboxylic acid groups (broad SMARTS) is 1. The molecule has 0 radical (unpaired) electrons. The number of nitrogens with zero attached hydrogens (tertiary/aromatic N) is 1. The third kappa shape index (κ3) is 2.65. The van der Waals surface area contributed by atoms with Crippen molar-refractivity contribution in [3.05, 3.63) is 29.1 Å². The van der Waals surface area contributed by atoms with E-state index in [0.29, 0.717) is 18.9 Å². The van der Waals surface area contributed by atoms with Gasteiger partial charge in [0.2, 0.25) is 5.82 Å². The van der Waals surface area contributed by atoms with Crippen molar-refractivity contribution >= 4 is 11.9 Å². The van der Waals surface area contributed by atoms with Gasteiger partial charge in [-0.2, -0.15) is 4.39 Å². The molecule has 1 atom stereocenters. The van der Waals surface area contributed by atoms with E-state index in [1.54, 1.807) is 0 Å². The highest BCUT2D eigenvalue weighted by atomic mass is 19.2. The highest BCUT2D eigenvalue weighted by Gasteiger charge is 2.35. The lowest BCUT2D eigenvalue weighted by Crippen LogP contribution is -2.48. The second-order valence-corrected chi connectivity index (χ2v) is 4.73. The Morgan fingerprint density at radius 1 is 1.19 bits per heavy atom. The van der Waals surface area contributed by atoms with Gasteiger partial charge in [-0.05, 0) is 25.3 Å². The molecule has 1 aliphatic heterocycles. The molecular formula is C13H12F3NO4. The molecule has 1 amide bonds. The van der Waals surface area contributed by atoms with Crippen LogP contribution in [0.15, 0.2) is 6.07 Å². The van der Waals surface area contributed by atoms with Crippen molar-refractivity contribution < 1.29 is 33.0 Å². The Bertz CT molecular complexity index is 606. The van der Waals surface area contributed by atoms with Gasteiger partial charge in [0.05, 0.1) is 5.56 Å². The molecule has 2 N–H and O–H groups in total. The molecular weight excluding hydrogens is 291 g/mol. The molecule has 114 valence electrons. The predicted molar refractivity (Wildman–Crippen MR) is 64.3 cm³/mol. The van der Waals surface area contributed by atoms with E-state index < -0.39 is 46.7 Å². The van der Waals surface area contributed by atoms with Crippen molar-refractivity contribution in [1.82, 2.24) is 4.90 Å². The number of aliphatic carboxylic acids is 1. The fourth-order valence-corrected chi connectivity index (χ4v) is 2.33. The smallest absolute Gasteiger partial charge is 0.326 e. The van der Waals surface area contributed by atoms with Gasteiger partial charge < -0.3 is 15.1 Å². The standard InChI is InChI=1S/C13H12F3NO4/c14-7-5-6(9(15)11(18)10(7)16)12(19)17-4-2-1-3-8(17)13(20)21/h5,8,18H,1-4H2,(H,20,21)/t8-/m1/s1. The Morgan fingerprint density at radius 3 is 2.48 bits per heavy atom. The zero-order chi connectivity index (χ0) is 15.7. The Labute approximate surface area is 117 Å². The quantitative estimate of drug-likeness (QED) is 0.818. The van der Waals surface area contributed by atoms with Gasteiger partial charge in [-0.1, -0.05) is 0 Å². The fourth-order valence-electron chi connectivity index (χ4n) is 2.33. The second-order valence-electron chi connectivity index (χ2n) is 4.73. The zero-order valence-electron chi connectivity index (χ0n) is 10.8. The minimum Gasteiger partial charge on any atom is -0.503 e. The average Bonchev–Trinajstić information content (AvgIpc) is 2.48. The Balaban J connectivity index is 2.42. The maximum Gasteiger partial charge on any atom is 0.326 e. The SMILES string of the molecule is O=C(O)[C@H]1CCCCN1C(=O)c1cc(F)c(F)c(O)c1F. The Kier molecular flexibility index (Phi) is 4.06. The summed E-state index contributed by atoms with van der Waals surface area (Å²) < 4.78 is 39.9. The molecule has 1 fully saturated rings. The molecule has 8 heteroatoms. The van der Waals surface area contributed by atoms with Crippen molar-refractivity contribution in [3.8, 4) is 5.75 Å². The van der Waals surface area contributed by atoms with Gasteiger partial charge in [-0.15, -0.1) is 0 Å². The molecule has 0 spiro atoms. The lowest BCUT2D eigenvalue weighted by Gasteiger charge is -2.33. The first-order valence-electron chi connectivity index (χ1n) is 6.24. The van der Waals surface area contributed by atoms with Gasteiger partial charge in [-0.25, -0.2) is 13.6 Å². The molecule has 0 bridgehead atoms. The molecule has 1 saturated heterocycles. The minimum absolute atomic E-state index is 0.0645. The highest BCUT2D eigenvalue weighted by molar-refractivity contribution is 5.97. The molecule has 21 heavy (non-hydrogen) atoms. The van der Waals surface area contributed by atoms with E-state index in [0.717, 1.165) is 4.90 Å². The van der Waals surface area contributed by atoms with E-state index in [1.165, 1.54) is 0 Å². The van der Waals surface area contributed by atoms with Gasteiger partial charge >= 0.3 is 5.97 Å². The van der Waals surface area contributed by atoms with Crippen molar-refractivity contribution in [2.45, 2.75) is 25.3 Å². The molecule has 0 saturated carbocycles. The summed E-state index contributed by atoms with van der Waals surface area (Å²) in [6.07, 6.45) is 1.30. The average molecular weight is 303 g/mol. The van der Waals surface area contributed by atoms with Gasteiger partial charge in [0.25, 0.3) is 5.91 Å². The van der Waals surface area contributed by atoms with E-state index in [9.17, 15) is 22.8 Å². The summed E-state index contributed by atoms with van der Waals surface area (Å²) in [7, 11) is 0. The van der Waals surface area contributed by atoms with Crippen LogP contribution < -0.4 is 0 Å². The van der Waals surface area contributed by atoms with E-state index in [2.05, 4.69) is 0 Å². The first-order valence-corrected chi connectivity index (χ1v) is 6.24. The van der Waals surface area contributed by atoms with E-state index in [1.807, 2.05) is 0 Å². The van der Waals surface area contributed by atoms with Crippen molar-refractivity contribution in [2.24, 2.45) is 0 Å².